The first kappa shape index (κ1) is 37.5. The zero-order chi connectivity index (χ0) is 34.9. The van der Waals surface area contributed by atoms with Gasteiger partial charge in [0.2, 0.25) is 11.8 Å². The molecule has 49 heavy (non-hydrogen) atoms. The molecular weight excluding hydrogens is 742 g/mol. The van der Waals surface area contributed by atoms with Gasteiger partial charge in [-0.3, -0.25) is 33.9 Å². The van der Waals surface area contributed by atoms with Crippen molar-refractivity contribution in [2.24, 2.45) is 0 Å². The van der Waals surface area contributed by atoms with Crippen LogP contribution in [0.1, 0.15) is 36.8 Å². The van der Waals surface area contributed by atoms with E-state index in [1.54, 1.807) is 29.2 Å². The van der Waals surface area contributed by atoms with Crippen LogP contribution >= 0.6 is 71.2 Å². The number of hydrogen-bond acceptors (Lipinski definition) is 9. The van der Waals surface area contributed by atoms with Gasteiger partial charge in [0, 0.05) is 75.2 Å². The van der Waals surface area contributed by atoms with Crippen LogP contribution in [0.4, 0.5) is 0 Å². The highest BCUT2D eigenvalue weighted by molar-refractivity contribution is 8.27. The van der Waals surface area contributed by atoms with Gasteiger partial charge in [-0.2, -0.15) is 0 Å². The average Bonchev–Trinajstić information content (AvgIpc) is 3.50. The summed E-state index contributed by atoms with van der Waals surface area (Å²) >= 11 is 25.8. The molecule has 15 heteroatoms. The molecule has 3 heterocycles. The van der Waals surface area contributed by atoms with Gasteiger partial charge in [-0.25, -0.2) is 0 Å². The van der Waals surface area contributed by atoms with Crippen molar-refractivity contribution in [3.05, 3.63) is 79.5 Å². The van der Waals surface area contributed by atoms with Gasteiger partial charge >= 0.3 is 0 Å². The second kappa shape index (κ2) is 17.9. The molecule has 0 saturated carbocycles. The molecule has 4 amide bonds. The first-order valence-electron chi connectivity index (χ1n) is 15.9. The highest BCUT2D eigenvalue weighted by Crippen LogP contribution is 2.35. The molecule has 2 aromatic carbocycles. The molecular formula is C34H35Cl2N5O4S4. The number of benzene rings is 2. The van der Waals surface area contributed by atoms with Crippen LogP contribution in [0.2, 0.25) is 10.0 Å². The lowest BCUT2D eigenvalue weighted by Gasteiger charge is -2.34. The van der Waals surface area contributed by atoms with E-state index in [-0.39, 0.29) is 30.0 Å². The molecule has 2 aromatic rings. The molecule has 0 unspecified atom stereocenters. The molecule has 0 aliphatic carbocycles. The normalized spacial score (nSPS) is 18.8. The van der Waals surface area contributed by atoms with Crippen LogP contribution in [-0.2, 0) is 19.2 Å². The van der Waals surface area contributed by atoms with Crippen molar-refractivity contribution < 1.29 is 19.2 Å². The number of thiocarbonyl (C=S) groups is 2. The summed E-state index contributed by atoms with van der Waals surface area (Å²) in [5.74, 6) is -0.350. The highest BCUT2D eigenvalue weighted by Gasteiger charge is 2.33. The summed E-state index contributed by atoms with van der Waals surface area (Å²) in [6.07, 6.45) is 5.14. The number of carbonyl (C=O) groups excluding carboxylic acids is 4. The summed E-state index contributed by atoms with van der Waals surface area (Å²) in [7, 11) is 0. The summed E-state index contributed by atoms with van der Waals surface area (Å²) in [4.78, 5) is 59.4. The molecule has 1 N–H and O–H groups in total. The quantitative estimate of drug-likeness (QED) is 0.197. The van der Waals surface area contributed by atoms with Gasteiger partial charge in [0.15, 0.2) is 0 Å². The molecule has 0 radical (unpaired) electrons. The molecule has 0 spiro atoms. The molecule has 0 bridgehead atoms. The topological polar surface area (TPSA) is 93.3 Å². The van der Waals surface area contributed by atoms with Crippen molar-refractivity contribution in [1.82, 2.24) is 24.9 Å². The lowest BCUT2D eigenvalue weighted by Crippen LogP contribution is -2.50. The Kier molecular flexibility index (Phi) is 13.7. The number of nitrogens with zero attached hydrogens (tertiary/aromatic N) is 4. The molecule has 3 aliphatic heterocycles. The van der Waals surface area contributed by atoms with Crippen molar-refractivity contribution in [1.29, 1.82) is 0 Å². The third-order valence-corrected chi connectivity index (χ3v) is 11.6. The molecule has 0 atom stereocenters. The van der Waals surface area contributed by atoms with Crippen LogP contribution < -0.4 is 5.32 Å². The monoisotopic (exact) mass is 775 g/mol. The van der Waals surface area contributed by atoms with Crippen LogP contribution in [0.25, 0.3) is 12.2 Å². The third kappa shape index (κ3) is 10.2. The summed E-state index contributed by atoms with van der Waals surface area (Å²) in [5, 5.41) is 4.08. The Hall–Kier alpha value is -2.78. The second-order valence-corrected chi connectivity index (χ2v) is 15.7. The van der Waals surface area contributed by atoms with Crippen LogP contribution in [0.3, 0.4) is 0 Å². The number of amides is 4. The molecule has 5 rings (SSSR count). The van der Waals surface area contributed by atoms with Gasteiger partial charge in [-0.15, -0.1) is 0 Å². The van der Waals surface area contributed by atoms with E-state index in [4.69, 9.17) is 47.6 Å². The molecule has 3 saturated heterocycles. The van der Waals surface area contributed by atoms with E-state index < -0.39 is 0 Å². The summed E-state index contributed by atoms with van der Waals surface area (Å²) in [6.45, 7) is 4.62. The minimum atomic E-state index is -0.172. The lowest BCUT2D eigenvalue weighted by atomic mass is 10.2. The Morgan fingerprint density at radius 1 is 0.735 bits per heavy atom. The zero-order valence-corrected chi connectivity index (χ0v) is 31.3. The van der Waals surface area contributed by atoms with Crippen LogP contribution in [-0.4, -0.2) is 104 Å². The largest absolute Gasteiger partial charge is 0.355 e. The minimum absolute atomic E-state index is 0.0610. The van der Waals surface area contributed by atoms with E-state index in [0.717, 1.165) is 24.2 Å². The van der Waals surface area contributed by atoms with Crippen LogP contribution in [0.15, 0.2) is 58.3 Å². The number of hydrogen-bond donors (Lipinski definition) is 1. The zero-order valence-electron chi connectivity index (χ0n) is 26.6. The average molecular weight is 777 g/mol. The van der Waals surface area contributed by atoms with Gasteiger partial charge < -0.3 is 10.2 Å². The van der Waals surface area contributed by atoms with E-state index in [0.29, 0.717) is 87.0 Å². The van der Waals surface area contributed by atoms with E-state index >= 15 is 0 Å². The van der Waals surface area contributed by atoms with Gasteiger partial charge in [0.05, 0.1) is 9.81 Å². The number of rotatable bonds is 13. The predicted octanol–water partition coefficient (Wildman–Crippen LogP) is 5.92. The Balaban J connectivity index is 0.942. The van der Waals surface area contributed by atoms with Crippen molar-refractivity contribution >= 4 is 116 Å². The fraction of sp³-hybridized carbons (Fsp3) is 0.353. The number of piperazine rings is 1. The molecule has 258 valence electrons. The first-order chi connectivity index (χ1) is 23.6. The molecule has 0 aromatic heterocycles. The summed E-state index contributed by atoms with van der Waals surface area (Å²) in [5.41, 5.74) is 1.52. The van der Waals surface area contributed by atoms with Crippen molar-refractivity contribution in [3.8, 4) is 0 Å². The lowest BCUT2D eigenvalue weighted by molar-refractivity contribution is -0.133. The van der Waals surface area contributed by atoms with Crippen LogP contribution in [0, 0.1) is 0 Å². The fourth-order valence-corrected chi connectivity index (χ4v) is 8.44. The van der Waals surface area contributed by atoms with E-state index in [1.807, 2.05) is 41.3 Å². The van der Waals surface area contributed by atoms with E-state index in [9.17, 15) is 19.2 Å². The van der Waals surface area contributed by atoms with Gasteiger partial charge in [0.25, 0.3) is 11.8 Å². The smallest absolute Gasteiger partial charge is 0.266 e. The Bertz CT molecular complexity index is 1690. The Labute approximate surface area is 315 Å². The number of carbonyl (C=O) groups is 4. The maximum Gasteiger partial charge on any atom is 0.266 e. The van der Waals surface area contributed by atoms with E-state index in [2.05, 4.69) is 10.2 Å². The molecule has 9 nitrogen and oxygen atoms in total. The van der Waals surface area contributed by atoms with Crippen molar-refractivity contribution in [2.45, 2.75) is 25.7 Å². The molecule has 3 fully saturated rings. The Morgan fingerprint density at radius 3 is 1.73 bits per heavy atom. The summed E-state index contributed by atoms with van der Waals surface area (Å²) < 4.78 is 0.959. The fourth-order valence-electron chi connectivity index (χ4n) is 5.46. The predicted molar refractivity (Wildman–Crippen MR) is 207 cm³/mol. The maximum atomic E-state index is 12.9. The third-order valence-electron chi connectivity index (χ3n) is 8.16. The minimum Gasteiger partial charge on any atom is -0.355 e. The van der Waals surface area contributed by atoms with Crippen molar-refractivity contribution in [2.75, 3.05) is 52.4 Å². The number of nitrogens with one attached hydrogen (secondary N) is 1. The van der Waals surface area contributed by atoms with Crippen molar-refractivity contribution in [3.63, 3.8) is 0 Å². The maximum absolute atomic E-state index is 12.9. The summed E-state index contributed by atoms with van der Waals surface area (Å²) in [6, 6.07) is 14.6. The SMILES string of the molecule is O=C(CCCN1C(=O)C(=Cc2ccccc2Cl)SC1=S)NCCN1CCN(C(=O)CCCN2C(=O)C(=Cc3ccccc3Cl)SC2=S)CC1. The van der Waals surface area contributed by atoms with Crippen LogP contribution in [0.5, 0.6) is 0 Å². The Morgan fingerprint density at radius 2 is 1.22 bits per heavy atom. The standard InChI is InChI=1S/C34H35Cl2N5O4S4/c35-25-9-3-1-7-23(25)21-27-31(44)40(33(46)48-27)14-5-11-29(42)37-13-16-38-17-19-39(20-18-38)30(43)12-6-15-41-32(45)28(49-34(41)47)22-24-8-2-4-10-26(24)36/h1-4,7-10,21-22H,5-6,11-20H2,(H,37,42). The van der Waals surface area contributed by atoms with Gasteiger partial charge in [0.1, 0.15) is 8.64 Å². The first-order valence-corrected chi connectivity index (χ1v) is 19.1. The highest BCUT2D eigenvalue weighted by atomic mass is 35.5. The number of halogens is 2. The second-order valence-electron chi connectivity index (χ2n) is 11.5. The van der Waals surface area contributed by atoms with E-state index in [1.165, 1.54) is 28.4 Å². The molecule has 3 aliphatic rings. The van der Waals surface area contributed by atoms with Gasteiger partial charge in [-0.1, -0.05) is 108 Å². The van der Waals surface area contributed by atoms with Gasteiger partial charge in [-0.05, 0) is 48.3 Å². The number of thioether (sulfide) groups is 2.